The molecule has 3 heterocycles. The topological polar surface area (TPSA) is 129 Å². The molecular weight excluding hydrogens is 536 g/mol. The molecule has 1 amide bonds. The van der Waals surface area contributed by atoms with Gasteiger partial charge in [0.1, 0.15) is 11.4 Å². The number of carbonyl (C=O) groups excluding carboxylic acids is 2. The first-order chi connectivity index (χ1) is 20.1. The van der Waals surface area contributed by atoms with E-state index < -0.39 is 11.6 Å². The van der Waals surface area contributed by atoms with Crippen molar-refractivity contribution in [2.45, 2.75) is 26.4 Å². The van der Waals surface area contributed by atoms with Gasteiger partial charge in [0.15, 0.2) is 11.4 Å². The molecule has 0 unspecified atom stereocenters. The summed E-state index contributed by atoms with van der Waals surface area (Å²) >= 11 is 0. The first kappa shape index (κ1) is 28.1. The van der Waals surface area contributed by atoms with Gasteiger partial charge in [0, 0.05) is 29.2 Å². The zero-order valence-corrected chi connectivity index (χ0v) is 23.8. The number of fused-ring (bicyclic) bond motifs is 1. The molecule has 214 valence electrons. The smallest absolute Gasteiger partial charge is 0.338 e. The van der Waals surface area contributed by atoms with Crippen molar-refractivity contribution in [1.29, 1.82) is 0 Å². The Morgan fingerprint density at radius 3 is 2.40 bits per heavy atom. The summed E-state index contributed by atoms with van der Waals surface area (Å²) in [5.41, 5.74) is 3.38. The third kappa shape index (κ3) is 6.30. The Balaban J connectivity index is 1.37. The average molecular weight is 567 g/mol. The summed E-state index contributed by atoms with van der Waals surface area (Å²) in [5, 5.41) is 10.8. The zero-order valence-electron chi connectivity index (χ0n) is 23.8. The summed E-state index contributed by atoms with van der Waals surface area (Å²) in [4.78, 5) is 34.3. The van der Waals surface area contributed by atoms with Crippen molar-refractivity contribution in [3.8, 4) is 22.9 Å². The normalized spacial score (nSPS) is 11.2. The van der Waals surface area contributed by atoms with E-state index in [-0.39, 0.29) is 5.91 Å². The van der Waals surface area contributed by atoms with Crippen molar-refractivity contribution in [2.75, 3.05) is 24.9 Å². The quantitative estimate of drug-likeness (QED) is 0.225. The highest BCUT2D eigenvalue weighted by molar-refractivity contribution is 6.05. The maximum absolute atomic E-state index is 13.1. The molecule has 3 aromatic heterocycles. The molecule has 0 saturated heterocycles. The molecule has 0 atom stereocenters. The number of ether oxygens (including phenoxy) is 3. The Bertz CT molecular complexity index is 1760. The number of rotatable bonds is 8. The number of amides is 1. The van der Waals surface area contributed by atoms with E-state index in [1.165, 1.54) is 7.11 Å². The molecule has 0 aliphatic rings. The lowest BCUT2D eigenvalue weighted by atomic mass is 10.1. The lowest BCUT2D eigenvalue weighted by Crippen LogP contribution is -2.23. The second-order valence-corrected chi connectivity index (χ2v) is 10.3. The van der Waals surface area contributed by atoms with Crippen molar-refractivity contribution in [3.05, 3.63) is 90.3 Å². The van der Waals surface area contributed by atoms with E-state index in [9.17, 15) is 9.59 Å². The van der Waals surface area contributed by atoms with Crippen molar-refractivity contribution in [1.82, 2.24) is 19.6 Å². The van der Waals surface area contributed by atoms with Crippen LogP contribution in [0.2, 0.25) is 0 Å². The third-order valence-electron chi connectivity index (χ3n) is 6.06. The van der Waals surface area contributed by atoms with Crippen LogP contribution in [-0.2, 0) is 4.74 Å². The van der Waals surface area contributed by atoms with Gasteiger partial charge in [-0.3, -0.25) is 4.79 Å². The van der Waals surface area contributed by atoms with E-state index in [0.717, 1.165) is 5.56 Å². The monoisotopic (exact) mass is 566 g/mol. The van der Waals surface area contributed by atoms with E-state index in [1.54, 1.807) is 78.6 Å². The van der Waals surface area contributed by atoms with Crippen LogP contribution in [0.15, 0.2) is 79.1 Å². The lowest BCUT2D eigenvalue weighted by Gasteiger charge is -2.19. The SMILES string of the molecule is COc1ccc(Nc2cc(-c3cccc(C(=O)Nc4ccc(C(=O)OC(C)(C)C)cc4)c3)nn3ccnc23)nc1OC. The van der Waals surface area contributed by atoms with Gasteiger partial charge in [0.05, 0.1) is 31.2 Å². The highest BCUT2D eigenvalue weighted by Gasteiger charge is 2.18. The number of methoxy groups -OCH3 is 2. The molecule has 0 saturated carbocycles. The van der Waals surface area contributed by atoms with Crippen LogP contribution < -0.4 is 20.1 Å². The molecule has 0 bridgehead atoms. The second kappa shape index (κ2) is 11.6. The van der Waals surface area contributed by atoms with E-state index in [0.29, 0.717) is 51.3 Å². The summed E-state index contributed by atoms with van der Waals surface area (Å²) in [6, 6.07) is 19.1. The molecular formula is C31H30N6O5. The fourth-order valence-corrected chi connectivity index (χ4v) is 4.14. The molecule has 0 radical (unpaired) electrons. The Hall–Kier alpha value is -5.45. The highest BCUT2D eigenvalue weighted by Crippen LogP contribution is 2.30. The van der Waals surface area contributed by atoms with Gasteiger partial charge in [-0.25, -0.2) is 14.3 Å². The van der Waals surface area contributed by atoms with Gasteiger partial charge < -0.3 is 24.8 Å². The number of aromatic nitrogens is 4. The highest BCUT2D eigenvalue weighted by atomic mass is 16.6. The summed E-state index contributed by atoms with van der Waals surface area (Å²) < 4.78 is 17.7. The van der Waals surface area contributed by atoms with Crippen molar-refractivity contribution in [2.24, 2.45) is 0 Å². The Labute approximate surface area is 242 Å². The first-order valence-corrected chi connectivity index (χ1v) is 13.1. The number of nitrogens with one attached hydrogen (secondary N) is 2. The molecule has 5 rings (SSSR count). The molecule has 5 aromatic rings. The molecule has 11 heteroatoms. The van der Waals surface area contributed by atoms with Crippen LogP contribution in [0.25, 0.3) is 16.9 Å². The van der Waals surface area contributed by atoms with Gasteiger partial charge in [-0.2, -0.15) is 10.1 Å². The van der Waals surface area contributed by atoms with Gasteiger partial charge in [0.25, 0.3) is 11.8 Å². The van der Waals surface area contributed by atoms with Crippen LogP contribution in [0, 0.1) is 0 Å². The zero-order chi connectivity index (χ0) is 29.9. The van der Waals surface area contributed by atoms with E-state index >= 15 is 0 Å². The number of nitrogens with zero attached hydrogens (tertiary/aromatic N) is 4. The van der Waals surface area contributed by atoms with Gasteiger partial charge in [0.2, 0.25) is 0 Å². The molecule has 42 heavy (non-hydrogen) atoms. The minimum absolute atomic E-state index is 0.307. The van der Waals surface area contributed by atoms with Crippen molar-refractivity contribution < 1.29 is 23.8 Å². The average Bonchev–Trinajstić information content (AvgIpc) is 3.46. The number of carbonyl (C=O) groups is 2. The minimum Gasteiger partial charge on any atom is -0.491 e. The van der Waals surface area contributed by atoms with Crippen molar-refractivity contribution >= 4 is 34.7 Å². The Morgan fingerprint density at radius 1 is 0.905 bits per heavy atom. The van der Waals surface area contributed by atoms with Gasteiger partial charge >= 0.3 is 5.97 Å². The van der Waals surface area contributed by atoms with Gasteiger partial charge in [-0.1, -0.05) is 12.1 Å². The number of hydrogen-bond acceptors (Lipinski definition) is 9. The molecule has 0 aliphatic carbocycles. The fourth-order valence-electron chi connectivity index (χ4n) is 4.14. The summed E-state index contributed by atoms with van der Waals surface area (Å²) in [7, 11) is 3.07. The standard InChI is InChI=1S/C31H30N6O5/c1-31(2,3)42-30(39)19-9-11-22(12-10-19)33-28(38)21-8-6-7-20(17-21)23-18-24(27-32-15-16-37(27)36-23)34-26-14-13-25(40-4)29(35-26)41-5/h6-18H,1-5H3,(H,33,38)(H,34,35). The molecule has 0 spiro atoms. The third-order valence-corrected chi connectivity index (χ3v) is 6.06. The van der Waals surface area contributed by atoms with Crippen molar-refractivity contribution in [3.63, 3.8) is 0 Å². The van der Waals surface area contributed by atoms with Gasteiger partial charge in [-0.05, 0) is 75.4 Å². The number of anilines is 3. The fraction of sp³-hybridized carbons (Fsp3) is 0.194. The summed E-state index contributed by atoms with van der Waals surface area (Å²) in [5.74, 6) is 0.651. The molecule has 2 N–H and O–H groups in total. The maximum Gasteiger partial charge on any atom is 0.338 e. The Morgan fingerprint density at radius 2 is 1.69 bits per heavy atom. The second-order valence-electron chi connectivity index (χ2n) is 10.3. The number of pyridine rings is 1. The largest absolute Gasteiger partial charge is 0.491 e. The number of benzene rings is 2. The summed E-state index contributed by atoms with van der Waals surface area (Å²) in [6.45, 7) is 5.43. The predicted molar refractivity (Wildman–Crippen MR) is 159 cm³/mol. The van der Waals surface area contributed by atoms with Crippen LogP contribution in [-0.4, -0.2) is 51.3 Å². The maximum atomic E-state index is 13.1. The summed E-state index contributed by atoms with van der Waals surface area (Å²) in [6.07, 6.45) is 3.39. The lowest BCUT2D eigenvalue weighted by molar-refractivity contribution is 0.00694. The van der Waals surface area contributed by atoms with Crippen LogP contribution in [0.1, 0.15) is 41.5 Å². The molecule has 0 aliphatic heterocycles. The first-order valence-electron chi connectivity index (χ1n) is 13.1. The van der Waals surface area contributed by atoms with Crippen LogP contribution in [0.5, 0.6) is 11.6 Å². The number of hydrogen-bond donors (Lipinski definition) is 2. The van der Waals surface area contributed by atoms with Crippen LogP contribution >= 0.6 is 0 Å². The van der Waals surface area contributed by atoms with E-state index in [1.807, 2.05) is 32.9 Å². The van der Waals surface area contributed by atoms with E-state index in [2.05, 4.69) is 25.7 Å². The van der Waals surface area contributed by atoms with Gasteiger partial charge in [-0.15, -0.1) is 0 Å². The number of imidazole rings is 1. The van der Waals surface area contributed by atoms with Crippen LogP contribution in [0.3, 0.4) is 0 Å². The molecule has 11 nitrogen and oxygen atoms in total. The molecule has 0 fully saturated rings. The minimum atomic E-state index is -0.594. The number of esters is 1. The van der Waals surface area contributed by atoms with Crippen LogP contribution in [0.4, 0.5) is 17.2 Å². The predicted octanol–water partition coefficient (Wildman–Crippen LogP) is 5.76. The Kier molecular flexibility index (Phi) is 7.74. The molecule has 2 aromatic carbocycles. The van der Waals surface area contributed by atoms with E-state index in [4.69, 9.17) is 14.2 Å².